The molecule has 3 aromatic carbocycles. The Kier molecular flexibility index (Phi) is 7.04. The Labute approximate surface area is 187 Å². The zero-order chi connectivity index (χ0) is 24.0. The van der Waals surface area contributed by atoms with Gasteiger partial charge in [-0.05, 0) is 79.2 Å². The number of rotatable bonds is 6. The molecule has 0 aliphatic rings. The normalized spacial score (nSPS) is 10.1. The van der Waals surface area contributed by atoms with Crippen molar-refractivity contribution in [3.63, 3.8) is 0 Å². The Morgan fingerprint density at radius 3 is 1.64 bits per heavy atom. The summed E-state index contributed by atoms with van der Waals surface area (Å²) >= 11 is 0. The number of amides is 1. The SMILES string of the molecule is COC(=O)c1ccc(C(=O)Oc2ccc(OC(=O)c3ccc(C(=O)N=O)cc3)cc2C)cc1. The van der Waals surface area contributed by atoms with Gasteiger partial charge in [0.05, 0.1) is 23.8 Å². The fraction of sp³-hybridized carbons (Fsp3) is 0.0833. The average Bonchev–Trinajstić information content (AvgIpc) is 2.84. The summed E-state index contributed by atoms with van der Waals surface area (Å²) in [6.45, 7) is 1.67. The maximum Gasteiger partial charge on any atom is 0.343 e. The van der Waals surface area contributed by atoms with Crippen LogP contribution in [0, 0.1) is 11.8 Å². The maximum absolute atomic E-state index is 12.4. The van der Waals surface area contributed by atoms with Gasteiger partial charge in [0.1, 0.15) is 11.5 Å². The number of esters is 3. The summed E-state index contributed by atoms with van der Waals surface area (Å²) in [6.07, 6.45) is 0. The smallest absolute Gasteiger partial charge is 0.343 e. The van der Waals surface area contributed by atoms with E-state index >= 15 is 0 Å². The molecule has 0 spiro atoms. The van der Waals surface area contributed by atoms with Gasteiger partial charge in [-0.25, -0.2) is 14.4 Å². The summed E-state index contributed by atoms with van der Waals surface area (Å²) in [5.41, 5.74) is 1.31. The molecular formula is C24H17NO8. The van der Waals surface area contributed by atoms with Crippen LogP contribution in [-0.2, 0) is 4.74 Å². The molecule has 9 nitrogen and oxygen atoms in total. The third-order valence-corrected chi connectivity index (χ3v) is 4.55. The van der Waals surface area contributed by atoms with Gasteiger partial charge >= 0.3 is 23.8 Å². The Morgan fingerprint density at radius 2 is 1.15 bits per heavy atom. The van der Waals surface area contributed by atoms with Gasteiger partial charge in [-0.2, -0.15) is 0 Å². The molecule has 33 heavy (non-hydrogen) atoms. The molecule has 3 aromatic rings. The van der Waals surface area contributed by atoms with Crippen LogP contribution in [0.2, 0.25) is 0 Å². The molecule has 0 fully saturated rings. The maximum atomic E-state index is 12.4. The topological polar surface area (TPSA) is 125 Å². The van der Waals surface area contributed by atoms with Crippen molar-refractivity contribution in [1.29, 1.82) is 0 Å². The Balaban J connectivity index is 1.66. The first-order valence-corrected chi connectivity index (χ1v) is 9.53. The van der Waals surface area contributed by atoms with Crippen molar-refractivity contribution in [2.75, 3.05) is 7.11 Å². The predicted octanol–water partition coefficient (Wildman–Crippen LogP) is 4.13. The summed E-state index contributed by atoms with van der Waals surface area (Å²) in [4.78, 5) is 57.7. The van der Waals surface area contributed by atoms with E-state index in [1.54, 1.807) is 6.92 Å². The first-order valence-electron chi connectivity index (χ1n) is 9.53. The fourth-order valence-corrected chi connectivity index (χ4v) is 2.79. The minimum Gasteiger partial charge on any atom is -0.465 e. The molecule has 0 aliphatic heterocycles. The van der Waals surface area contributed by atoms with Crippen LogP contribution in [0.15, 0.2) is 71.9 Å². The Hall–Kier alpha value is -4.66. The van der Waals surface area contributed by atoms with Gasteiger partial charge in [0.15, 0.2) is 0 Å². The molecule has 0 bridgehead atoms. The summed E-state index contributed by atoms with van der Waals surface area (Å²) in [6, 6.07) is 15.6. The van der Waals surface area contributed by atoms with E-state index in [9.17, 15) is 24.1 Å². The molecule has 0 aromatic heterocycles. The molecule has 0 saturated carbocycles. The highest BCUT2D eigenvalue weighted by molar-refractivity contribution is 5.97. The van der Waals surface area contributed by atoms with Gasteiger partial charge < -0.3 is 14.2 Å². The van der Waals surface area contributed by atoms with Crippen LogP contribution >= 0.6 is 0 Å². The van der Waals surface area contributed by atoms with Crippen LogP contribution in [0.4, 0.5) is 0 Å². The quantitative estimate of drug-likeness (QED) is 0.314. The summed E-state index contributed by atoms with van der Waals surface area (Å²) in [5.74, 6) is -2.27. The van der Waals surface area contributed by atoms with E-state index in [-0.39, 0.29) is 28.2 Å². The van der Waals surface area contributed by atoms with E-state index in [0.717, 1.165) is 0 Å². The largest absolute Gasteiger partial charge is 0.465 e. The lowest BCUT2D eigenvalue weighted by atomic mass is 10.1. The second kappa shape index (κ2) is 10.1. The monoisotopic (exact) mass is 447 g/mol. The number of hydrogen-bond acceptors (Lipinski definition) is 8. The number of carbonyl (C=O) groups excluding carboxylic acids is 4. The van der Waals surface area contributed by atoms with Crippen molar-refractivity contribution in [2.24, 2.45) is 5.18 Å². The van der Waals surface area contributed by atoms with Gasteiger partial charge in [-0.3, -0.25) is 4.79 Å². The lowest BCUT2D eigenvalue weighted by Gasteiger charge is -2.10. The van der Waals surface area contributed by atoms with Crippen molar-refractivity contribution < 1.29 is 33.4 Å². The highest BCUT2D eigenvalue weighted by Crippen LogP contribution is 2.25. The zero-order valence-electron chi connectivity index (χ0n) is 17.6. The van der Waals surface area contributed by atoms with E-state index in [1.165, 1.54) is 73.8 Å². The number of aryl methyl sites for hydroxylation is 1. The van der Waals surface area contributed by atoms with E-state index < -0.39 is 23.8 Å². The number of nitroso groups, excluding NO2 is 1. The third kappa shape index (κ3) is 5.53. The number of nitrogens with zero attached hydrogens (tertiary/aromatic N) is 1. The second-order valence-corrected chi connectivity index (χ2v) is 6.75. The highest BCUT2D eigenvalue weighted by Gasteiger charge is 2.15. The number of benzene rings is 3. The van der Waals surface area contributed by atoms with Gasteiger partial charge in [0.25, 0.3) is 0 Å². The van der Waals surface area contributed by atoms with Crippen molar-refractivity contribution in [3.05, 3.63) is 99.5 Å². The van der Waals surface area contributed by atoms with Crippen molar-refractivity contribution in [3.8, 4) is 11.5 Å². The van der Waals surface area contributed by atoms with Gasteiger partial charge in [0.2, 0.25) is 0 Å². The van der Waals surface area contributed by atoms with Crippen LogP contribution in [-0.4, -0.2) is 30.9 Å². The standard InChI is InChI=1S/C24H17NO8/c1-14-13-19(32-23(28)17-5-3-15(4-6-17)21(26)25-30)11-12-20(14)33-24(29)18-9-7-16(8-10-18)22(27)31-2/h3-13H,1-2H3. The predicted molar refractivity (Wildman–Crippen MR) is 115 cm³/mol. The van der Waals surface area contributed by atoms with Crippen LogP contribution in [0.1, 0.15) is 47.0 Å². The second-order valence-electron chi connectivity index (χ2n) is 6.75. The fourth-order valence-electron chi connectivity index (χ4n) is 2.79. The van der Waals surface area contributed by atoms with E-state index in [1.807, 2.05) is 0 Å². The highest BCUT2D eigenvalue weighted by atomic mass is 16.5. The molecule has 166 valence electrons. The van der Waals surface area contributed by atoms with Gasteiger partial charge in [0, 0.05) is 10.7 Å². The Morgan fingerprint density at radius 1 is 0.667 bits per heavy atom. The molecule has 0 atom stereocenters. The number of hydrogen-bond donors (Lipinski definition) is 0. The zero-order valence-corrected chi connectivity index (χ0v) is 17.6. The third-order valence-electron chi connectivity index (χ3n) is 4.55. The number of ether oxygens (including phenoxy) is 3. The summed E-state index contributed by atoms with van der Waals surface area (Å²) in [7, 11) is 1.26. The molecule has 1 amide bonds. The van der Waals surface area contributed by atoms with Crippen molar-refractivity contribution in [1.82, 2.24) is 0 Å². The molecule has 0 radical (unpaired) electrons. The van der Waals surface area contributed by atoms with E-state index in [4.69, 9.17) is 9.47 Å². The minimum atomic E-state index is -0.935. The molecule has 0 aliphatic carbocycles. The molecular weight excluding hydrogens is 430 g/mol. The lowest BCUT2D eigenvalue weighted by molar-refractivity contribution is 0.0598. The van der Waals surface area contributed by atoms with Crippen LogP contribution in [0.25, 0.3) is 0 Å². The van der Waals surface area contributed by atoms with Crippen molar-refractivity contribution in [2.45, 2.75) is 6.92 Å². The molecule has 0 N–H and O–H groups in total. The van der Waals surface area contributed by atoms with Crippen LogP contribution in [0.5, 0.6) is 11.5 Å². The van der Waals surface area contributed by atoms with E-state index in [2.05, 4.69) is 9.91 Å². The van der Waals surface area contributed by atoms with Crippen LogP contribution in [0.3, 0.4) is 0 Å². The molecule has 0 heterocycles. The summed E-state index contributed by atoms with van der Waals surface area (Å²) < 4.78 is 15.3. The lowest BCUT2D eigenvalue weighted by Crippen LogP contribution is -2.11. The van der Waals surface area contributed by atoms with E-state index in [0.29, 0.717) is 11.1 Å². The van der Waals surface area contributed by atoms with Gasteiger partial charge in [-0.1, -0.05) is 0 Å². The molecule has 3 rings (SSSR count). The Bertz CT molecular complexity index is 1230. The van der Waals surface area contributed by atoms with Crippen LogP contribution < -0.4 is 9.47 Å². The minimum absolute atomic E-state index is 0.0588. The molecule has 0 saturated heterocycles. The van der Waals surface area contributed by atoms with Crippen molar-refractivity contribution >= 4 is 23.8 Å². The molecule has 0 unspecified atom stereocenters. The molecule has 9 heteroatoms. The average molecular weight is 447 g/mol. The first kappa shape index (κ1) is 23.0. The number of methoxy groups -OCH3 is 1. The number of carbonyl (C=O) groups is 4. The van der Waals surface area contributed by atoms with Gasteiger partial charge in [-0.15, -0.1) is 4.91 Å². The first-order chi connectivity index (χ1) is 15.8. The summed E-state index contributed by atoms with van der Waals surface area (Å²) in [5, 5.41) is 2.31.